The molecule has 1 aliphatic heterocycles. The van der Waals surface area contributed by atoms with E-state index in [0.29, 0.717) is 12.5 Å². The first-order valence-corrected chi connectivity index (χ1v) is 8.03. The van der Waals surface area contributed by atoms with E-state index in [2.05, 4.69) is 5.32 Å². The minimum Gasteiger partial charge on any atom is -0.335 e. The standard InChI is InChI=1S/C17H21F3N2O/c1-11(13-8-21-9-13)16(23)22(15-6-7-15)10-12-2-4-14(5-3-12)17(18,19)20/h2-5,11,13,15,21H,6-10H2,1H3. The number of rotatable bonds is 5. The van der Waals surface area contributed by atoms with Crippen molar-refractivity contribution in [1.82, 2.24) is 10.2 Å². The number of halogens is 3. The van der Waals surface area contributed by atoms with Crippen LogP contribution in [0.3, 0.4) is 0 Å². The zero-order valence-corrected chi connectivity index (χ0v) is 13.1. The van der Waals surface area contributed by atoms with E-state index in [1.807, 2.05) is 11.8 Å². The molecular formula is C17H21F3N2O. The highest BCUT2D eigenvalue weighted by Gasteiger charge is 2.38. The summed E-state index contributed by atoms with van der Waals surface area (Å²) in [6.07, 6.45) is -2.35. The number of benzene rings is 1. The Hall–Kier alpha value is -1.56. The Morgan fingerprint density at radius 1 is 1.26 bits per heavy atom. The second kappa shape index (κ2) is 6.15. The molecule has 3 rings (SSSR count). The van der Waals surface area contributed by atoms with Crippen LogP contribution in [0, 0.1) is 11.8 Å². The molecule has 1 aliphatic carbocycles. The Kier molecular flexibility index (Phi) is 4.36. The second-order valence-electron chi connectivity index (χ2n) is 6.60. The molecule has 1 saturated carbocycles. The van der Waals surface area contributed by atoms with E-state index in [9.17, 15) is 18.0 Å². The van der Waals surface area contributed by atoms with Gasteiger partial charge >= 0.3 is 6.18 Å². The van der Waals surface area contributed by atoms with E-state index >= 15 is 0 Å². The molecule has 1 N–H and O–H groups in total. The molecule has 1 saturated heterocycles. The van der Waals surface area contributed by atoms with Gasteiger partial charge in [0.2, 0.25) is 5.91 Å². The molecule has 1 atom stereocenters. The highest BCUT2D eigenvalue weighted by molar-refractivity contribution is 5.79. The lowest BCUT2D eigenvalue weighted by atomic mass is 9.87. The van der Waals surface area contributed by atoms with Crippen molar-refractivity contribution in [3.05, 3.63) is 35.4 Å². The van der Waals surface area contributed by atoms with Gasteiger partial charge in [-0.2, -0.15) is 13.2 Å². The summed E-state index contributed by atoms with van der Waals surface area (Å²) in [5.41, 5.74) is 0.0941. The highest BCUT2D eigenvalue weighted by atomic mass is 19.4. The fraction of sp³-hybridized carbons (Fsp3) is 0.588. The zero-order chi connectivity index (χ0) is 16.6. The average molecular weight is 326 g/mol. The van der Waals surface area contributed by atoms with Crippen molar-refractivity contribution in [2.45, 2.75) is 38.5 Å². The zero-order valence-electron chi connectivity index (χ0n) is 13.1. The van der Waals surface area contributed by atoms with Gasteiger partial charge in [-0.1, -0.05) is 19.1 Å². The van der Waals surface area contributed by atoms with Crippen LogP contribution in [0.25, 0.3) is 0 Å². The van der Waals surface area contributed by atoms with Crippen LogP contribution in [0.4, 0.5) is 13.2 Å². The molecule has 0 bridgehead atoms. The van der Waals surface area contributed by atoms with Gasteiger partial charge in [-0.3, -0.25) is 4.79 Å². The van der Waals surface area contributed by atoms with Gasteiger partial charge in [0.15, 0.2) is 0 Å². The van der Waals surface area contributed by atoms with Crippen molar-refractivity contribution < 1.29 is 18.0 Å². The largest absolute Gasteiger partial charge is 0.416 e. The van der Waals surface area contributed by atoms with Crippen molar-refractivity contribution >= 4 is 5.91 Å². The van der Waals surface area contributed by atoms with Gasteiger partial charge in [0.25, 0.3) is 0 Å². The Morgan fingerprint density at radius 2 is 1.87 bits per heavy atom. The maximum atomic E-state index is 12.7. The lowest BCUT2D eigenvalue weighted by Crippen LogP contribution is -2.50. The quantitative estimate of drug-likeness (QED) is 0.902. The fourth-order valence-corrected chi connectivity index (χ4v) is 2.90. The van der Waals surface area contributed by atoms with Crippen molar-refractivity contribution in [3.8, 4) is 0 Å². The van der Waals surface area contributed by atoms with E-state index in [1.165, 1.54) is 12.1 Å². The SMILES string of the molecule is CC(C(=O)N(Cc1ccc(C(F)(F)F)cc1)C1CC1)C1CNC1. The van der Waals surface area contributed by atoms with Crippen LogP contribution in [0.5, 0.6) is 0 Å². The first-order valence-electron chi connectivity index (χ1n) is 8.03. The summed E-state index contributed by atoms with van der Waals surface area (Å²) < 4.78 is 37.9. The molecule has 0 spiro atoms. The number of nitrogens with zero attached hydrogens (tertiary/aromatic N) is 1. The number of carbonyl (C=O) groups is 1. The van der Waals surface area contributed by atoms with Gasteiger partial charge in [0.05, 0.1) is 5.56 Å². The minimum atomic E-state index is -4.32. The van der Waals surface area contributed by atoms with E-state index in [0.717, 1.165) is 43.6 Å². The van der Waals surface area contributed by atoms with Crippen LogP contribution in [-0.2, 0) is 17.5 Å². The molecule has 0 aromatic heterocycles. The Bertz CT molecular complexity index is 562. The first kappa shape index (κ1) is 16.3. The smallest absolute Gasteiger partial charge is 0.335 e. The van der Waals surface area contributed by atoms with Crippen molar-refractivity contribution in [2.24, 2.45) is 11.8 Å². The molecule has 1 aromatic carbocycles. The van der Waals surface area contributed by atoms with Gasteiger partial charge in [-0.15, -0.1) is 0 Å². The molecule has 2 aliphatic rings. The molecule has 3 nitrogen and oxygen atoms in total. The summed E-state index contributed by atoms with van der Waals surface area (Å²) in [5.74, 6) is 0.460. The molecule has 1 aromatic rings. The summed E-state index contributed by atoms with van der Waals surface area (Å²) in [5, 5.41) is 3.17. The summed E-state index contributed by atoms with van der Waals surface area (Å²) in [6, 6.07) is 5.37. The van der Waals surface area contributed by atoms with Crippen LogP contribution >= 0.6 is 0 Å². The van der Waals surface area contributed by atoms with Crippen molar-refractivity contribution in [3.63, 3.8) is 0 Å². The Labute approximate surface area is 133 Å². The normalized spacial score (nSPS) is 20.0. The van der Waals surface area contributed by atoms with Crippen LogP contribution < -0.4 is 5.32 Å². The molecule has 126 valence electrons. The van der Waals surface area contributed by atoms with Gasteiger partial charge in [0, 0.05) is 18.5 Å². The van der Waals surface area contributed by atoms with E-state index in [4.69, 9.17) is 0 Å². The molecule has 1 amide bonds. The number of amides is 1. The highest BCUT2D eigenvalue weighted by Crippen LogP contribution is 2.33. The third-order valence-electron chi connectivity index (χ3n) is 4.81. The van der Waals surface area contributed by atoms with E-state index in [1.54, 1.807) is 0 Å². The van der Waals surface area contributed by atoms with E-state index in [-0.39, 0.29) is 17.9 Å². The lowest BCUT2D eigenvalue weighted by molar-refractivity contribution is -0.139. The minimum absolute atomic E-state index is 0.0358. The number of hydrogen-bond donors (Lipinski definition) is 1. The van der Waals surface area contributed by atoms with Gasteiger partial charge in [0.1, 0.15) is 0 Å². The number of nitrogens with one attached hydrogen (secondary N) is 1. The molecule has 2 fully saturated rings. The fourth-order valence-electron chi connectivity index (χ4n) is 2.90. The van der Waals surface area contributed by atoms with Crippen LogP contribution in [0.2, 0.25) is 0 Å². The van der Waals surface area contributed by atoms with Crippen LogP contribution in [-0.4, -0.2) is 29.9 Å². The third-order valence-corrected chi connectivity index (χ3v) is 4.81. The summed E-state index contributed by atoms with van der Waals surface area (Å²) in [7, 11) is 0. The monoisotopic (exact) mass is 326 g/mol. The predicted molar refractivity (Wildman–Crippen MR) is 80.5 cm³/mol. The van der Waals surface area contributed by atoms with Crippen molar-refractivity contribution in [1.29, 1.82) is 0 Å². The molecule has 1 heterocycles. The lowest BCUT2D eigenvalue weighted by Gasteiger charge is -2.35. The van der Waals surface area contributed by atoms with Gasteiger partial charge < -0.3 is 10.2 Å². The first-order chi connectivity index (χ1) is 10.9. The summed E-state index contributed by atoms with van der Waals surface area (Å²) in [4.78, 5) is 14.6. The maximum absolute atomic E-state index is 12.7. The Morgan fingerprint density at radius 3 is 2.30 bits per heavy atom. The molecule has 0 radical (unpaired) electrons. The molecular weight excluding hydrogens is 305 g/mol. The van der Waals surface area contributed by atoms with Gasteiger partial charge in [-0.25, -0.2) is 0 Å². The molecule has 1 unspecified atom stereocenters. The predicted octanol–water partition coefficient (Wildman–Crippen LogP) is 3.05. The molecule has 6 heteroatoms. The average Bonchev–Trinajstić information content (AvgIpc) is 3.26. The Balaban J connectivity index is 1.68. The maximum Gasteiger partial charge on any atom is 0.416 e. The second-order valence-corrected chi connectivity index (χ2v) is 6.60. The summed E-state index contributed by atoms with van der Waals surface area (Å²) in [6.45, 7) is 4.08. The molecule has 23 heavy (non-hydrogen) atoms. The topological polar surface area (TPSA) is 32.3 Å². The summed E-state index contributed by atoms with van der Waals surface area (Å²) >= 11 is 0. The van der Waals surface area contributed by atoms with Crippen LogP contribution in [0.1, 0.15) is 30.9 Å². The van der Waals surface area contributed by atoms with Crippen molar-refractivity contribution in [2.75, 3.05) is 13.1 Å². The van der Waals surface area contributed by atoms with Crippen LogP contribution in [0.15, 0.2) is 24.3 Å². The van der Waals surface area contributed by atoms with Gasteiger partial charge in [-0.05, 0) is 49.5 Å². The number of carbonyl (C=O) groups excluding carboxylic acids is 1. The third kappa shape index (κ3) is 3.68. The number of alkyl halides is 3. The number of hydrogen-bond acceptors (Lipinski definition) is 2. The van der Waals surface area contributed by atoms with E-state index < -0.39 is 11.7 Å².